The average molecular weight is 437 g/mol. The fourth-order valence-electron chi connectivity index (χ4n) is 3.86. The third kappa shape index (κ3) is 4.46. The molecule has 1 fully saturated rings. The Labute approximate surface area is 187 Å². The Balaban J connectivity index is 1.51. The molecule has 0 saturated heterocycles. The van der Waals surface area contributed by atoms with Crippen molar-refractivity contribution in [1.82, 2.24) is 19.3 Å². The number of carbonyl (C=O) groups is 1. The zero-order chi connectivity index (χ0) is 22.0. The summed E-state index contributed by atoms with van der Waals surface area (Å²) in [5.74, 6) is 2.79. The second-order valence-electron chi connectivity index (χ2n) is 7.77. The number of aryl methyl sites for hydroxylation is 1. The normalized spacial score (nSPS) is 13.4. The molecule has 0 radical (unpaired) electrons. The molecule has 7 heteroatoms. The second kappa shape index (κ2) is 9.14. The summed E-state index contributed by atoms with van der Waals surface area (Å²) in [6.45, 7) is 11.1. The van der Waals surface area contributed by atoms with Crippen LogP contribution < -0.4 is 4.74 Å². The van der Waals surface area contributed by atoms with Gasteiger partial charge in [-0.2, -0.15) is 0 Å². The molecule has 0 aliphatic heterocycles. The zero-order valence-electron chi connectivity index (χ0n) is 18.3. The third-order valence-corrected chi connectivity index (χ3v) is 6.44. The van der Waals surface area contributed by atoms with Gasteiger partial charge < -0.3 is 13.9 Å². The molecular formula is C24H28N4O2S. The van der Waals surface area contributed by atoms with E-state index >= 15 is 0 Å². The van der Waals surface area contributed by atoms with Crippen LogP contribution in [0.25, 0.3) is 5.69 Å². The van der Waals surface area contributed by atoms with Crippen LogP contribution in [0.4, 0.5) is 0 Å². The lowest BCUT2D eigenvalue weighted by Gasteiger charge is -2.11. The minimum atomic E-state index is 0.0939. The van der Waals surface area contributed by atoms with Gasteiger partial charge >= 0.3 is 0 Å². The highest BCUT2D eigenvalue weighted by atomic mass is 32.2. The van der Waals surface area contributed by atoms with Crippen LogP contribution in [0.3, 0.4) is 0 Å². The molecule has 0 unspecified atom stereocenters. The molecule has 0 spiro atoms. The number of allylic oxidation sites excluding steroid dienone is 1. The highest BCUT2D eigenvalue weighted by Crippen LogP contribution is 2.40. The molecule has 31 heavy (non-hydrogen) atoms. The van der Waals surface area contributed by atoms with Crippen LogP contribution in [0, 0.1) is 13.8 Å². The maximum Gasteiger partial charge on any atom is 0.191 e. The van der Waals surface area contributed by atoms with E-state index < -0.39 is 0 Å². The Hall–Kier alpha value is -2.80. The van der Waals surface area contributed by atoms with Gasteiger partial charge in [-0.05, 0) is 63.9 Å². The third-order valence-electron chi connectivity index (χ3n) is 5.47. The maximum absolute atomic E-state index is 13.1. The molecule has 4 rings (SSSR count). The van der Waals surface area contributed by atoms with Gasteiger partial charge in [-0.3, -0.25) is 4.79 Å². The number of carbonyl (C=O) groups excluding carboxylic acids is 1. The van der Waals surface area contributed by atoms with Crippen molar-refractivity contribution in [3.8, 4) is 11.4 Å². The Morgan fingerprint density at radius 2 is 2.00 bits per heavy atom. The molecule has 1 aliphatic carbocycles. The smallest absolute Gasteiger partial charge is 0.191 e. The van der Waals surface area contributed by atoms with Crippen LogP contribution in [0.5, 0.6) is 5.75 Å². The monoisotopic (exact) mass is 436 g/mol. The summed E-state index contributed by atoms with van der Waals surface area (Å²) in [7, 11) is 0. The van der Waals surface area contributed by atoms with Crippen LogP contribution in [0.1, 0.15) is 53.3 Å². The molecule has 3 aromatic rings. The van der Waals surface area contributed by atoms with Gasteiger partial charge in [0.05, 0.1) is 12.4 Å². The molecular weight excluding hydrogens is 408 g/mol. The van der Waals surface area contributed by atoms with Crippen molar-refractivity contribution in [3.63, 3.8) is 0 Å². The summed E-state index contributed by atoms with van der Waals surface area (Å²) >= 11 is 1.45. The quantitative estimate of drug-likeness (QED) is 0.251. The van der Waals surface area contributed by atoms with Crippen molar-refractivity contribution in [3.05, 3.63) is 65.8 Å². The zero-order valence-corrected chi connectivity index (χ0v) is 19.1. The van der Waals surface area contributed by atoms with Gasteiger partial charge in [0.25, 0.3) is 0 Å². The molecule has 0 bridgehead atoms. The predicted octanol–water partition coefficient (Wildman–Crippen LogP) is 5.12. The minimum Gasteiger partial charge on any atom is -0.494 e. The van der Waals surface area contributed by atoms with E-state index in [1.807, 2.05) is 57.2 Å². The van der Waals surface area contributed by atoms with Gasteiger partial charge in [0, 0.05) is 35.1 Å². The fraction of sp³-hybridized carbons (Fsp3) is 0.375. The molecule has 162 valence electrons. The second-order valence-corrected chi connectivity index (χ2v) is 8.72. The van der Waals surface area contributed by atoms with E-state index in [2.05, 4.69) is 25.9 Å². The fourth-order valence-corrected chi connectivity index (χ4v) is 4.70. The van der Waals surface area contributed by atoms with Crippen LogP contribution >= 0.6 is 11.8 Å². The van der Waals surface area contributed by atoms with Gasteiger partial charge in [-0.15, -0.1) is 16.8 Å². The van der Waals surface area contributed by atoms with Crippen molar-refractivity contribution in [1.29, 1.82) is 0 Å². The predicted molar refractivity (Wildman–Crippen MR) is 124 cm³/mol. The average Bonchev–Trinajstić information content (AvgIpc) is 3.46. The molecule has 2 aromatic heterocycles. The summed E-state index contributed by atoms with van der Waals surface area (Å²) in [6.07, 6.45) is 4.18. The molecule has 6 nitrogen and oxygen atoms in total. The van der Waals surface area contributed by atoms with E-state index in [0.29, 0.717) is 24.8 Å². The van der Waals surface area contributed by atoms with Crippen LogP contribution in [0.15, 0.2) is 48.1 Å². The van der Waals surface area contributed by atoms with Gasteiger partial charge in [0.15, 0.2) is 10.9 Å². The molecule has 0 amide bonds. The Kier molecular flexibility index (Phi) is 6.32. The number of nitrogens with zero attached hydrogens (tertiary/aromatic N) is 4. The van der Waals surface area contributed by atoms with Crippen LogP contribution in [-0.4, -0.2) is 37.5 Å². The molecule has 1 aliphatic rings. The summed E-state index contributed by atoms with van der Waals surface area (Å²) in [5, 5.41) is 9.49. The number of ether oxygens (including phenoxy) is 1. The number of thioether (sulfide) groups is 1. The van der Waals surface area contributed by atoms with E-state index in [4.69, 9.17) is 4.74 Å². The number of rotatable bonds is 10. The standard InChI is InChI=1S/C24H28N4O2S/c1-5-13-27-23(18-7-8-18)25-26-24(27)31-15-22(29)21-14-16(3)28(17(21)4)19-9-11-20(12-10-19)30-6-2/h5,9-12,14,18H,1,6-8,13,15H2,2-4H3. The molecule has 1 saturated carbocycles. The van der Waals surface area contributed by atoms with Gasteiger partial charge in [0.2, 0.25) is 0 Å². The molecule has 0 atom stereocenters. The summed E-state index contributed by atoms with van der Waals surface area (Å²) in [5.41, 5.74) is 3.74. The first-order valence-corrected chi connectivity index (χ1v) is 11.6. The Morgan fingerprint density at radius 1 is 1.26 bits per heavy atom. The number of Topliss-reactive ketones (excluding diaryl/α,β-unsaturated/α-hetero) is 1. The van der Waals surface area contributed by atoms with E-state index in [9.17, 15) is 4.79 Å². The lowest BCUT2D eigenvalue weighted by atomic mass is 10.2. The lowest BCUT2D eigenvalue weighted by Crippen LogP contribution is -2.08. The van der Waals surface area contributed by atoms with Gasteiger partial charge in [0.1, 0.15) is 11.6 Å². The Morgan fingerprint density at radius 3 is 2.65 bits per heavy atom. The van der Waals surface area contributed by atoms with Gasteiger partial charge in [-0.1, -0.05) is 17.8 Å². The lowest BCUT2D eigenvalue weighted by molar-refractivity contribution is 0.102. The largest absolute Gasteiger partial charge is 0.494 e. The van der Waals surface area contributed by atoms with Gasteiger partial charge in [-0.25, -0.2) is 0 Å². The Bertz CT molecular complexity index is 1090. The van der Waals surface area contributed by atoms with E-state index in [1.54, 1.807) is 0 Å². The molecule has 2 heterocycles. The van der Waals surface area contributed by atoms with Crippen LogP contribution in [0.2, 0.25) is 0 Å². The van der Waals surface area contributed by atoms with Crippen LogP contribution in [-0.2, 0) is 6.54 Å². The summed E-state index contributed by atoms with van der Waals surface area (Å²) in [6, 6.07) is 9.92. The van der Waals surface area contributed by atoms with E-state index in [0.717, 1.165) is 52.2 Å². The van der Waals surface area contributed by atoms with Crippen molar-refractivity contribution in [2.45, 2.75) is 51.2 Å². The van der Waals surface area contributed by atoms with Crippen molar-refractivity contribution < 1.29 is 9.53 Å². The highest BCUT2D eigenvalue weighted by Gasteiger charge is 2.30. The minimum absolute atomic E-state index is 0.0939. The highest BCUT2D eigenvalue weighted by molar-refractivity contribution is 7.99. The number of ketones is 1. The molecule has 0 N–H and O–H groups in total. The first-order valence-electron chi connectivity index (χ1n) is 10.7. The van der Waals surface area contributed by atoms with Crippen molar-refractivity contribution >= 4 is 17.5 Å². The number of hydrogen-bond donors (Lipinski definition) is 0. The summed E-state index contributed by atoms with van der Waals surface area (Å²) < 4.78 is 9.74. The van der Waals surface area contributed by atoms with Crippen molar-refractivity contribution in [2.24, 2.45) is 0 Å². The first-order chi connectivity index (χ1) is 15.0. The number of hydrogen-bond acceptors (Lipinski definition) is 5. The first kappa shape index (κ1) is 21.4. The van der Waals surface area contributed by atoms with E-state index in [-0.39, 0.29) is 5.78 Å². The molecule has 1 aromatic carbocycles. The number of aromatic nitrogens is 4. The topological polar surface area (TPSA) is 61.9 Å². The SMILES string of the molecule is C=CCn1c(SCC(=O)c2cc(C)n(-c3ccc(OCC)cc3)c2C)nnc1C1CC1. The summed E-state index contributed by atoms with van der Waals surface area (Å²) in [4.78, 5) is 13.1. The maximum atomic E-state index is 13.1. The van der Waals surface area contributed by atoms with Crippen molar-refractivity contribution in [2.75, 3.05) is 12.4 Å². The number of benzene rings is 1. The van der Waals surface area contributed by atoms with E-state index in [1.165, 1.54) is 11.8 Å².